The summed E-state index contributed by atoms with van der Waals surface area (Å²) >= 11 is 7.49. The minimum atomic E-state index is -0.557. The zero-order valence-electron chi connectivity index (χ0n) is 16.1. The van der Waals surface area contributed by atoms with Crippen molar-refractivity contribution in [1.29, 1.82) is 0 Å². The summed E-state index contributed by atoms with van der Waals surface area (Å²) in [5.41, 5.74) is 8.29. The average Bonchev–Trinajstić information content (AvgIpc) is 3.29. The number of anilines is 1. The monoisotopic (exact) mass is 420 g/mol. The van der Waals surface area contributed by atoms with E-state index in [1.165, 1.54) is 11.3 Å². The molecule has 0 atom stereocenters. The number of hydrogen-bond acceptors (Lipinski definition) is 5. The highest BCUT2D eigenvalue weighted by Crippen LogP contribution is 2.33. The number of aryl methyl sites for hydroxylation is 2. The molecule has 0 saturated heterocycles. The molecule has 3 N–H and O–H groups in total. The molecule has 0 radical (unpaired) electrons. The van der Waals surface area contributed by atoms with Crippen molar-refractivity contribution in [2.24, 2.45) is 5.73 Å². The van der Waals surface area contributed by atoms with E-state index < -0.39 is 11.8 Å². The Kier molecular flexibility index (Phi) is 5.62. The minimum Gasteiger partial charge on any atom is -0.454 e. The first kappa shape index (κ1) is 20.2. The highest BCUT2D eigenvalue weighted by Gasteiger charge is 2.22. The van der Waals surface area contributed by atoms with E-state index in [2.05, 4.69) is 10.4 Å². The second-order valence-electron chi connectivity index (χ2n) is 6.42. The number of aromatic nitrogens is 2. The molecular weight excluding hydrogens is 400 g/mol. The molecular formula is C19H21ClN4O3S. The second kappa shape index (κ2) is 7.81. The van der Waals surface area contributed by atoms with Crippen LogP contribution < -0.4 is 11.1 Å². The summed E-state index contributed by atoms with van der Waals surface area (Å²) in [5.74, 6) is -0.289. The van der Waals surface area contributed by atoms with E-state index >= 15 is 0 Å². The number of furan rings is 1. The Bertz CT molecular complexity index is 1060. The van der Waals surface area contributed by atoms with Crippen molar-refractivity contribution >= 4 is 39.8 Å². The normalized spacial score (nSPS) is 11.0. The van der Waals surface area contributed by atoms with Crippen LogP contribution in [0, 0.1) is 20.8 Å². The molecule has 148 valence electrons. The molecule has 0 unspecified atom stereocenters. The summed E-state index contributed by atoms with van der Waals surface area (Å²) in [4.78, 5) is 25.4. The third kappa shape index (κ3) is 3.70. The third-order valence-electron chi connectivity index (χ3n) is 4.52. The SMILES string of the molecule is CCc1c(C)sc(NC(=O)c2ccc(Cn3nc(C)c(Cl)c3C)o2)c1C(N)=O. The molecule has 3 rings (SSSR count). The van der Waals surface area contributed by atoms with Gasteiger partial charge in [-0.3, -0.25) is 14.3 Å². The van der Waals surface area contributed by atoms with Crippen LogP contribution in [0.4, 0.5) is 5.00 Å². The molecule has 3 aromatic rings. The number of amides is 2. The third-order valence-corrected chi connectivity index (χ3v) is 6.13. The van der Waals surface area contributed by atoms with Crippen molar-refractivity contribution in [3.8, 4) is 0 Å². The number of carbonyl (C=O) groups is 2. The number of thiophene rings is 1. The predicted octanol–water partition coefficient (Wildman–Crippen LogP) is 4.08. The summed E-state index contributed by atoms with van der Waals surface area (Å²) in [7, 11) is 0. The number of hydrogen-bond donors (Lipinski definition) is 2. The zero-order chi connectivity index (χ0) is 20.6. The Hall–Kier alpha value is -2.58. The molecule has 0 saturated carbocycles. The standard InChI is InChI=1S/C19H21ClN4O3S/c1-5-13-11(4)28-19(15(13)17(21)25)22-18(26)14-7-6-12(27-14)8-24-10(3)16(20)9(2)23-24/h6-7H,5,8H2,1-4H3,(H2,21,25)(H,22,26). The maximum absolute atomic E-state index is 12.6. The smallest absolute Gasteiger partial charge is 0.291 e. The maximum atomic E-state index is 12.6. The average molecular weight is 421 g/mol. The van der Waals surface area contributed by atoms with Crippen molar-refractivity contribution < 1.29 is 14.0 Å². The number of carbonyl (C=O) groups excluding carboxylic acids is 2. The van der Waals surface area contributed by atoms with Crippen LogP contribution in [0.3, 0.4) is 0 Å². The van der Waals surface area contributed by atoms with Gasteiger partial charge in [-0.15, -0.1) is 11.3 Å². The van der Waals surface area contributed by atoms with E-state index in [-0.39, 0.29) is 5.76 Å². The molecule has 0 spiro atoms. The number of primary amides is 1. The minimum absolute atomic E-state index is 0.141. The molecule has 28 heavy (non-hydrogen) atoms. The van der Waals surface area contributed by atoms with Gasteiger partial charge in [0, 0.05) is 4.88 Å². The van der Waals surface area contributed by atoms with Crippen molar-refractivity contribution in [3.05, 3.63) is 56.1 Å². The lowest BCUT2D eigenvalue weighted by atomic mass is 10.1. The second-order valence-corrected chi connectivity index (χ2v) is 8.02. The van der Waals surface area contributed by atoms with Gasteiger partial charge in [-0.25, -0.2) is 0 Å². The van der Waals surface area contributed by atoms with Crippen molar-refractivity contribution in [2.45, 2.75) is 40.7 Å². The van der Waals surface area contributed by atoms with E-state index in [4.69, 9.17) is 21.8 Å². The van der Waals surface area contributed by atoms with E-state index in [1.54, 1.807) is 16.8 Å². The molecule has 3 aromatic heterocycles. The fourth-order valence-corrected chi connectivity index (χ4v) is 4.36. The van der Waals surface area contributed by atoms with Crippen molar-refractivity contribution in [3.63, 3.8) is 0 Å². The van der Waals surface area contributed by atoms with Crippen molar-refractivity contribution in [1.82, 2.24) is 9.78 Å². The van der Waals surface area contributed by atoms with Gasteiger partial charge < -0.3 is 15.5 Å². The highest BCUT2D eigenvalue weighted by atomic mass is 35.5. The number of nitrogens with one attached hydrogen (secondary N) is 1. The molecule has 0 aliphatic carbocycles. The van der Waals surface area contributed by atoms with Gasteiger partial charge in [-0.05, 0) is 44.9 Å². The molecule has 2 amide bonds. The van der Waals surface area contributed by atoms with Gasteiger partial charge in [0.2, 0.25) is 0 Å². The number of nitrogens with zero attached hydrogens (tertiary/aromatic N) is 2. The molecule has 9 heteroatoms. The van der Waals surface area contributed by atoms with Gasteiger partial charge in [-0.1, -0.05) is 18.5 Å². The van der Waals surface area contributed by atoms with Crippen LogP contribution in [0.25, 0.3) is 0 Å². The summed E-state index contributed by atoms with van der Waals surface area (Å²) < 4.78 is 7.38. The Morgan fingerprint density at radius 1 is 1.32 bits per heavy atom. The van der Waals surface area contributed by atoms with Gasteiger partial charge in [0.25, 0.3) is 11.8 Å². The number of nitrogens with two attached hydrogens (primary N) is 1. The molecule has 0 aliphatic rings. The van der Waals surface area contributed by atoms with Crippen LogP contribution in [0.5, 0.6) is 0 Å². The van der Waals surface area contributed by atoms with Crippen LogP contribution >= 0.6 is 22.9 Å². The molecule has 0 aliphatic heterocycles. The van der Waals surface area contributed by atoms with Gasteiger partial charge in [-0.2, -0.15) is 5.10 Å². The van der Waals surface area contributed by atoms with Crippen LogP contribution in [-0.4, -0.2) is 21.6 Å². The fourth-order valence-electron chi connectivity index (χ4n) is 3.08. The number of rotatable bonds is 6. The number of halogens is 1. The van der Waals surface area contributed by atoms with Gasteiger partial charge in [0.05, 0.1) is 28.5 Å². The lowest BCUT2D eigenvalue weighted by Gasteiger charge is -2.04. The summed E-state index contributed by atoms with van der Waals surface area (Å²) in [5, 5.41) is 8.16. The first-order valence-corrected chi connectivity index (χ1v) is 9.94. The lowest BCUT2D eigenvalue weighted by molar-refractivity contribution is 0.0995. The summed E-state index contributed by atoms with van der Waals surface area (Å²) in [6.45, 7) is 7.90. The lowest BCUT2D eigenvalue weighted by Crippen LogP contribution is -2.17. The van der Waals surface area contributed by atoms with Crippen LogP contribution in [0.15, 0.2) is 16.5 Å². The Morgan fingerprint density at radius 2 is 2.04 bits per heavy atom. The van der Waals surface area contributed by atoms with E-state index in [9.17, 15) is 9.59 Å². The molecule has 0 fully saturated rings. The fraction of sp³-hybridized carbons (Fsp3) is 0.316. The maximum Gasteiger partial charge on any atom is 0.291 e. The first-order chi connectivity index (χ1) is 13.2. The van der Waals surface area contributed by atoms with Crippen LogP contribution in [0.2, 0.25) is 5.02 Å². The molecule has 0 aromatic carbocycles. The predicted molar refractivity (Wildman–Crippen MR) is 109 cm³/mol. The Morgan fingerprint density at radius 3 is 2.61 bits per heavy atom. The largest absolute Gasteiger partial charge is 0.454 e. The highest BCUT2D eigenvalue weighted by molar-refractivity contribution is 7.16. The van der Waals surface area contributed by atoms with E-state index in [0.29, 0.717) is 34.3 Å². The Labute approximate surface area is 171 Å². The quantitative estimate of drug-likeness (QED) is 0.627. The summed E-state index contributed by atoms with van der Waals surface area (Å²) in [6.07, 6.45) is 0.659. The van der Waals surface area contributed by atoms with Gasteiger partial charge in [0.15, 0.2) is 5.76 Å². The van der Waals surface area contributed by atoms with E-state index in [0.717, 1.165) is 21.8 Å². The topological polar surface area (TPSA) is 103 Å². The van der Waals surface area contributed by atoms with E-state index in [1.807, 2.05) is 27.7 Å². The molecule has 3 heterocycles. The van der Waals surface area contributed by atoms with Crippen LogP contribution in [0.1, 0.15) is 55.4 Å². The van der Waals surface area contributed by atoms with Crippen molar-refractivity contribution in [2.75, 3.05) is 5.32 Å². The molecule has 7 nitrogen and oxygen atoms in total. The van der Waals surface area contributed by atoms with Gasteiger partial charge in [0.1, 0.15) is 10.8 Å². The first-order valence-electron chi connectivity index (χ1n) is 8.74. The zero-order valence-corrected chi connectivity index (χ0v) is 17.6. The van der Waals surface area contributed by atoms with Gasteiger partial charge >= 0.3 is 0 Å². The summed E-state index contributed by atoms with van der Waals surface area (Å²) in [6, 6.07) is 3.30. The Balaban J connectivity index is 1.80. The molecule has 0 bridgehead atoms. The van der Waals surface area contributed by atoms with Crippen LogP contribution in [-0.2, 0) is 13.0 Å².